The largest absolute Gasteiger partial charge is 1.00 e. The van der Waals surface area contributed by atoms with Crippen LogP contribution in [0.1, 0.15) is 0 Å². The molecule has 0 bridgehead atoms. The summed E-state index contributed by atoms with van der Waals surface area (Å²) in [6.45, 7) is -0.432. The molecule has 0 aromatic heterocycles. The van der Waals surface area contributed by atoms with Gasteiger partial charge < -0.3 is 37.8 Å². The first-order chi connectivity index (χ1) is 5.57. The van der Waals surface area contributed by atoms with Crippen LogP contribution in [0.25, 0.3) is 0 Å². The molecule has 0 aliphatic carbocycles. The van der Waals surface area contributed by atoms with E-state index in [2.05, 4.69) is 12.6 Å². The van der Waals surface area contributed by atoms with Crippen LogP contribution >= 0.6 is 0 Å². The number of hydrogen-bond acceptors (Lipinski definition) is 6. The van der Waals surface area contributed by atoms with Gasteiger partial charge in [0.25, 0.3) is 0 Å². The van der Waals surface area contributed by atoms with Gasteiger partial charge in [-0.2, -0.15) is 0 Å². The zero-order chi connectivity index (χ0) is 9.30. The molecule has 0 amide bonds. The molecule has 1 fully saturated rings. The van der Waals surface area contributed by atoms with Crippen molar-refractivity contribution >= 4 is 12.6 Å². The summed E-state index contributed by atoms with van der Waals surface area (Å²) in [5.41, 5.74) is -0.986. The third kappa shape index (κ3) is 3.05. The van der Waals surface area contributed by atoms with E-state index in [0.29, 0.717) is 0 Å². The van der Waals surface area contributed by atoms with E-state index in [1.807, 2.05) is 0 Å². The maximum Gasteiger partial charge on any atom is 1.00 e. The van der Waals surface area contributed by atoms with E-state index in [4.69, 9.17) is 20.1 Å². The molecule has 13 heavy (non-hydrogen) atoms. The first-order valence-electron chi connectivity index (χ1n) is 3.54. The molecule has 0 spiro atoms. The summed E-state index contributed by atoms with van der Waals surface area (Å²) in [4.78, 5) is 0. The molecule has 5 atom stereocenters. The summed E-state index contributed by atoms with van der Waals surface area (Å²) in [6.07, 6.45) is -4.83. The minimum atomic E-state index is -1.35. The molecule has 4 N–H and O–H groups in total. The van der Waals surface area contributed by atoms with E-state index in [1.165, 1.54) is 0 Å². The quantitative estimate of drug-likeness (QED) is 0.259. The number of ether oxygens (including phenoxy) is 1. The van der Waals surface area contributed by atoms with E-state index in [1.54, 1.807) is 0 Å². The van der Waals surface area contributed by atoms with Crippen molar-refractivity contribution in [3.8, 4) is 0 Å². The molecular formula is C6H11NaO5S. The van der Waals surface area contributed by atoms with Crippen molar-refractivity contribution in [2.24, 2.45) is 0 Å². The Morgan fingerprint density at radius 3 is 2.08 bits per heavy atom. The SMILES string of the molecule is OCC1OC([S-])C(O)C(O)C1O.[Na+]. The van der Waals surface area contributed by atoms with Gasteiger partial charge in [-0.15, -0.1) is 0 Å². The Bertz CT molecular complexity index is 155. The van der Waals surface area contributed by atoms with E-state index < -0.39 is 36.5 Å². The van der Waals surface area contributed by atoms with Crippen LogP contribution < -0.4 is 29.6 Å². The first kappa shape index (κ1) is 14.2. The number of hydrogen-bond donors (Lipinski definition) is 4. The Morgan fingerprint density at radius 2 is 1.62 bits per heavy atom. The predicted molar refractivity (Wildman–Crippen MR) is 41.1 cm³/mol. The Balaban J connectivity index is 0.00000144. The maximum atomic E-state index is 9.18. The summed E-state index contributed by atoms with van der Waals surface area (Å²) in [6, 6.07) is 0. The second kappa shape index (κ2) is 5.89. The summed E-state index contributed by atoms with van der Waals surface area (Å²) >= 11 is 4.63. The second-order valence-corrected chi connectivity index (χ2v) is 3.16. The number of rotatable bonds is 1. The molecule has 0 aromatic carbocycles. The smallest absolute Gasteiger partial charge is 0.759 e. The zero-order valence-electron chi connectivity index (χ0n) is 7.20. The van der Waals surface area contributed by atoms with Crippen molar-refractivity contribution in [1.29, 1.82) is 0 Å². The van der Waals surface area contributed by atoms with Crippen LogP contribution in [0.2, 0.25) is 0 Å². The molecular weight excluding hydrogens is 207 g/mol. The predicted octanol–water partition coefficient (Wildman–Crippen LogP) is -5.66. The molecule has 1 aliphatic rings. The van der Waals surface area contributed by atoms with Gasteiger partial charge in [-0.3, -0.25) is 0 Å². The molecule has 0 aromatic rings. The van der Waals surface area contributed by atoms with Crippen molar-refractivity contribution in [2.75, 3.05) is 6.61 Å². The van der Waals surface area contributed by atoms with Gasteiger partial charge in [-0.1, -0.05) is 0 Å². The summed E-state index contributed by atoms with van der Waals surface area (Å²) < 4.78 is 4.84. The van der Waals surface area contributed by atoms with Gasteiger partial charge >= 0.3 is 29.6 Å². The Labute approximate surface area is 103 Å². The summed E-state index contributed by atoms with van der Waals surface area (Å²) in [5, 5.41) is 36.1. The fourth-order valence-corrected chi connectivity index (χ4v) is 1.37. The van der Waals surface area contributed by atoms with Crippen molar-refractivity contribution in [2.45, 2.75) is 29.9 Å². The van der Waals surface area contributed by atoms with Gasteiger partial charge in [0.05, 0.1) is 12.7 Å². The van der Waals surface area contributed by atoms with E-state index in [0.717, 1.165) is 0 Å². The monoisotopic (exact) mass is 218 g/mol. The van der Waals surface area contributed by atoms with Gasteiger partial charge in [-0.05, 0) is 5.44 Å². The van der Waals surface area contributed by atoms with Crippen molar-refractivity contribution in [3.05, 3.63) is 0 Å². The molecule has 0 radical (unpaired) electrons. The summed E-state index contributed by atoms with van der Waals surface area (Å²) in [7, 11) is 0. The third-order valence-corrected chi connectivity index (χ3v) is 2.24. The van der Waals surface area contributed by atoms with Gasteiger partial charge in [0.1, 0.15) is 18.3 Å². The van der Waals surface area contributed by atoms with Crippen molar-refractivity contribution < 1.29 is 54.7 Å². The molecule has 5 nitrogen and oxygen atoms in total. The standard InChI is InChI=1S/C6H12O5S.Na/c7-1-2-3(8)4(9)5(10)6(12)11-2;/h2-10,12H,1H2;/q;+1/p-1. The van der Waals surface area contributed by atoms with E-state index >= 15 is 0 Å². The number of aliphatic hydroxyl groups excluding tert-OH is 4. The van der Waals surface area contributed by atoms with Crippen LogP contribution in [0, 0.1) is 0 Å². The van der Waals surface area contributed by atoms with Crippen LogP contribution in [0.5, 0.6) is 0 Å². The van der Waals surface area contributed by atoms with E-state index in [-0.39, 0.29) is 29.6 Å². The second-order valence-electron chi connectivity index (χ2n) is 2.70. The average molecular weight is 218 g/mol. The van der Waals surface area contributed by atoms with Crippen molar-refractivity contribution in [3.63, 3.8) is 0 Å². The third-order valence-electron chi connectivity index (χ3n) is 1.85. The molecule has 0 saturated carbocycles. The zero-order valence-corrected chi connectivity index (χ0v) is 10.0. The van der Waals surface area contributed by atoms with Crippen molar-refractivity contribution in [1.82, 2.24) is 0 Å². The first-order valence-corrected chi connectivity index (χ1v) is 4.01. The minimum Gasteiger partial charge on any atom is -0.759 e. The molecule has 1 saturated heterocycles. The molecule has 1 aliphatic heterocycles. The fourth-order valence-electron chi connectivity index (χ4n) is 1.07. The van der Waals surface area contributed by atoms with Gasteiger partial charge in [-0.25, -0.2) is 0 Å². The topological polar surface area (TPSA) is 90.2 Å². The molecule has 1 heterocycles. The summed E-state index contributed by atoms with van der Waals surface area (Å²) in [5.74, 6) is 0. The Morgan fingerprint density at radius 1 is 1.08 bits per heavy atom. The van der Waals surface area contributed by atoms with E-state index in [9.17, 15) is 5.11 Å². The van der Waals surface area contributed by atoms with Crippen LogP contribution in [0.3, 0.4) is 0 Å². The molecule has 1 rings (SSSR count). The van der Waals surface area contributed by atoms with Crippen LogP contribution in [0.4, 0.5) is 0 Å². The molecule has 5 unspecified atom stereocenters. The normalized spacial score (nSPS) is 45.5. The fraction of sp³-hybridized carbons (Fsp3) is 1.00. The van der Waals surface area contributed by atoms with Crippen LogP contribution in [-0.2, 0) is 17.4 Å². The van der Waals surface area contributed by atoms with Crippen LogP contribution in [-0.4, -0.2) is 56.9 Å². The van der Waals surface area contributed by atoms with Gasteiger partial charge in [0.2, 0.25) is 0 Å². The van der Waals surface area contributed by atoms with Gasteiger partial charge in [0.15, 0.2) is 0 Å². The van der Waals surface area contributed by atoms with Gasteiger partial charge in [0, 0.05) is 0 Å². The maximum absolute atomic E-state index is 9.18. The minimum absolute atomic E-state index is 0. The Kier molecular flexibility index (Phi) is 6.41. The number of aliphatic hydroxyl groups is 4. The molecule has 7 heteroatoms. The van der Waals surface area contributed by atoms with Crippen LogP contribution in [0.15, 0.2) is 0 Å². The Hall–Kier alpha value is 1.15. The molecule has 72 valence electrons. The average Bonchev–Trinajstić information content (AvgIpc) is 2.08.